The van der Waals surface area contributed by atoms with Gasteiger partial charge in [0.15, 0.2) is 0 Å². The van der Waals surface area contributed by atoms with E-state index in [1.807, 2.05) is 0 Å². The Kier molecular flexibility index (Phi) is 5.60. The highest BCUT2D eigenvalue weighted by Gasteiger charge is 2.24. The van der Waals surface area contributed by atoms with Gasteiger partial charge in [0.2, 0.25) is 5.91 Å². The lowest BCUT2D eigenvalue weighted by atomic mass is 10.1. The molecule has 2 rings (SSSR count). The van der Waals surface area contributed by atoms with Gasteiger partial charge in [-0.3, -0.25) is 4.79 Å². The van der Waals surface area contributed by atoms with Crippen LogP contribution < -0.4 is 16.0 Å². The molecular weight excluding hydrogens is 240 g/mol. The second-order valence-corrected chi connectivity index (χ2v) is 6.04. The molecule has 3 N–H and O–H groups in total. The van der Waals surface area contributed by atoms with Crippen LogP contribution in [0.15, 0.2) is 0 Å². The molecule has 19 heavy (non-hydrogen) atoms. The van der Waals surface area contributed by atoms with Gasteiger partial charge in [-0.15, -0.1) is 0 Å². The number of nitrogens with one attached hydrogen (secondary N) is 3. The van der Waals surface area contributed by atoms with Gasteiger partial charge in [0.1, 0.15) is 0 Å². The molecule has 3 atom stereocenters. The molecule has 2 saturated heterocycles. The zero-order valence-corrected chi connectivity index (χ0v) is 12.2. The van der Waals surface area contributed by atoms with Crippen LogP contribution in [0.2, 0.25) is 0 Å². The first kappa shape index (κ1) is 14.8. The maximum atomic E-state index is 12.1. The predicted molar refractivity (Wildman–Crippen MR) is 77.2 cm³/mol. The molecule has 1 amide bonds. The van der Waals surface area contributed by atoms with Crippen molar-refractivity contribution in [2.45, 2.75) is 51.2 Å². The number of piperazine rings is 1. The number of hydrogen-bond donors (Lipinski definition) is 3. The average molecular weight is 268 g/mol. The van der Waals surface area contributed by atoms with Gasteiger partial charge in [-0.2, -0.15) is 0 Å². The van der Waals surface area contributed by atoms with Gasteiger partial charge >= 0.3 is 0 Å². The van der Waals surface area contributed by atoms with Crippen LogP contribution in [0.5, 0.6) is 0 Å². The van der Waals surface area contributed by atoms with Crippen LogP contribution in [0.4, 0.5) is 0 Å². The first-order valence-electron chi connectivity index (χ1n) is 7.64. The van der Waals surface area contributed by atoms with Crippen LogP contribution in [-0.4, -0.2) is 61.7 Å². The van der Waals surface area contributed by atoms with Crippen molar-refractivity contribution < 1.29 is 4.79 Å². The Hall–Kier alpha value is -0.650. The second-order valence-electron chi connectivity index (χ2n) is 6.04. The van der Waals surface area contributed by atoms with Crippen LogP contribution in [-0.2, 0) is 4.79 Å². The fourth-order valence-corrected chi connectivity index (χ4v) is 2.89. The molecule has 2 aliphatic rings. The van der Waals surface area contributed by atoms with Crippen molar-refractivity contribution in [3.05, 3.63) is 0 Å². The Morgan fingerprint density at radius 2 is 2.00 bits per heavy atom. The molecule has 2 heterocycles. The zero-order valence-electron chi connectivity index (χ0n) is 12.2. The summed E-state index contributed by atoms with van der Waals surface area (Å²) in [6.45, 7) is 9.15. The standard InChI is InChI=1S/C14H28N4O/c1-11-8-16-13(9-15-11)14(19)17-12(2)10-18-6-4-3-5-7-18/h11-13,15-16H,3-10H2,1-2H3,(H,17,19). The van der Waals surface area contributed by atoms with Crippen molar-refractivity contribution in [2.24, 2.45) is 0 Å². The largest absolute Gasteiger partial charge is 0.351 e. The molecule has 110 valence electrons. The molecule has 0 bridgehead atoms. The summed E-state index contributed by atoms with van der Waals surface area (Å²) >= 11 is 0. The second kappa shape index (κ2) is 7.22. The highest BCUT2D eigenvalue weighted by molar-refractivity contribution is 5.82. The molecule has 2 fully saturated rings. The number of amides is 1. The van der Waals surface area contributed by atoms with E-state index < -0.39 is 0 Å². The van der Waals surface area contributed by atoms with Gasteiger partial charge in [0.25, 0.3) is 0 Å². The molecule has 5 nitrogen and oxygen atoms in total. The van der Waals surface area contributed by atoms with Crippen LogP contribution in [0.1, 0.15) is 33.1 Å². The average Bonchev–Trinajstić information content (AvgIpc) is 2.40. The van der Waals surface area contributed by atoms with Gasteiger partial charge in [-0.1, -0.05) is 6.42 Å². The minimum absolute atomic E-state index is 0.0833. The van der Waals surface area contributed by atoms with E-state index in [9.17, 15) is 4.79 Å². The van der Waals surface area contributed by atoms with Crippen molar-refractivity contribution in [1.29, 1.82) is 0 Å². The Labute approximate surface area is 116 Å². The Morgan fingerprint density at radius 3 is 2.63 bits per heavy atom. The number of hydrogen-bond acceptors (Lipinski definition) is 4. The van der Waals surface area contributed by atoms with Crippen LogP contribution in [0, 0.1) is 0 Å². The summed E-state index contributed by atoms with van der Waals surface area (Å²) in [6.07, 6.45) is 3.95. The smallest absolute Gasteiger partial charge is 0.238 e. The van der Waals surface area contributed by atoms with Crippen molar-refractivity contribution in [3.63, 3.8) is 0 Å². The zero-order chi connectivity index (χ0) is 13.7. The van der Waals surface area contributed by atoms with E-state index in [0.29, 0.717) is 6.04 Å². The number of piperidine rings is 1. The maximum Gasteiger partial charge on any atom is 0.238 e. The minimum atomic E-state index is -0.0833. The molecule has 0 saturated carbocycles. The monoisotopic (exact) mass is 268 g/mol. The van der Waals surface area contributed by atoms with Gasteiger partial charge in [0, 0.05) is 31.7 Å². The molecule has 3 unspecified atom stereocenters. The summed E-state index contributed by atoms with van der Waals surface area (Å²) in [6, 6.07) is 0.599. The van der Waals surface area contributed by atoms with Crippen molar-refractivity contribution >= 4 is 5.91 Å². The lowest BCUT2D eigenvalue weighted by Crippen LogP contribution is -2.60. The van der Waals surface area contributed by atoms with E-state index in [1.165, 1.54) is 32.4 Å². The van der Waals surface area contributed by atoms with Gasteiger partial charge < -0.3 is 20.9 Å². The molecule has 0 aromatic rings. The Morgan fingerprint density at radius 1 is 1.26 bits per heavy atom. The molecule has 2 aliphatic heterocycles. The molecule has 5 heteroatoms. The molecule has 0 aromatic carbocycles. The molecule has 0 aromatic heterocycles. The summed E-state index contributed by atoms with van der Waals surface area (Å²) in [5.74, 6) is 0.129. The van der Waals surface area contributed by atoms with E-state index in [0.717, 1.165) is 19.6 Å². The molecule has 0 spiro atoms. The van der Waals surface area contributed by atoms with Gasteiger partial charge in [0.05, 0.1) is 6.04 Å². The van der Waals surface area contributed by atoms with Gasteiger partial charge in [-0.25, -0.2) is 0 Å². The highest BCUT2D eigenvalue weighted by Crippen LogP contribution is 2.08. The topological polar surface area (TPSA) is 56.4 Å². The maximum absolute atomic E-state index is 12.1. The number of nitrogens with zero attached hydrogens (tertiary/aromatic N) is 1. The van der Waals surface area contributed by atoms with Crippen LogP contribution in [0.3, 0.4) is 0 Å². The van der Waals surface area contributed by atoms with Crippen molar-refractivity contribution in [1.82, 2.24) is 20.9 Å². The van der Waals surface area contributed by atoms with E-state index in [1.54, 1.807) is 0 Å². The first-order valence-corrected chi connectivity index (χ1v) is 7.64. The minimum Gasteiger partial charge on any atom is -0.351 e. The fraction of sp³-hybridized carbons (Fsp3) is 0.929. The Bertz CT molecular complexity index is 283. The summed E-state index contributed by atoms with van der Waals surface area (Å²) in [5.41, 5.74) is 0. The third-order valence-electron chi connectivity index (χ3n) is 4.03. The lowest BCUT2D eigenvalue weighted by molar-refractivity contribution is -0.124. The number of carbonyl (C=O) groups is 1. The predicted octanol–water partition coefficient (Wildman–Crippen LogP) is -0.0731. The lowest BCUT2D eigenvalue weighted by Gasteiger charge is -2.32. The van der Waals surface area contributed by atoms with E-state index in [2.05, 4.69) is 34.7 Å². The van der Waals surface area contributed by atoms with Crippen molar-refractivity contribution in [3.8, 4) is 0 Å². The Balaban J connectivity index is 1.69. The van der Waals surface area contributed by atoms with Crippen LogP contribution in [0.25, 0.3) is 0 Å². The quantitative estimate of drug-likeness (QED) is 0.668. The number of likely N-dealkylation sites (tertiary alicyclic amines) is 1. The normalized spacial score (nSPS) is 30.8. The van der Waals surface area contributed by atoms with E-state index >= 15 is 0 Å². The van der Waals surface area contributed by atoms with E-state index in [4.69, 9.17) is 0 Å². The van der Waals surface area contributed by atoms with Crippen LogP contribution >= 0.6 is 0 Å². The summed E-state index contributed by atoms with van der Waals surface area (Å²) in [4.78, 5) is 14.6. The summed E-state index contributed by atoms with van der Waals surface area (Å²) < 4.78 is 0. The highest BCUT2D eigenvalue weighted by atomic mass is 16.2. The summed E-state index contributed by atoms with van der Waals surface area (Å²) in [7, 11) is 0. The first-order chi connectivity index (χ1) is 9.15. The third kappa shape index (κ3) is 4.75. The SMILES string of the molecule is CC1CNC(C(=O)NC(C)CN2CCCCC2)CN1. The molecule has 0 radical (unpaired) electrons. The molecule has 0 aliphatic carbocycles. The number of carbonyl (C=O) groups excluding carboxylic acids is 1. The molecular formula is C14H28N4O. The van der Waals surface area contributed by atoms with Crippen molar-refractivity contribution in [2.75, 3.05) is 32.7 Å². The fourth-order valence-electron chi connectivity index (χ4n) is 2.89. The summed E-state index contributed by atoms with van der Waals surface area (Å²) in [5, 5.41) is 9.75. The van der Waals surface area contributed by atoms with Gasteiger partial charge in [-0.05, 0) is 39.8 Å². The third-order valence-corrected chi connectivity index (χ3v) is 4.03. The van der Waals surface area contributed by atoms with E-state index in [-0.39, 0.29) is 18.0 Å². The number of rotatable bonds is 4.